The first-order valence-electron chi connectivity index (χ1n) is 4.81. The molecule has 2 saturated heterocycles. The van der Waals surface area contributed by atoms with E-state index < -0.39 is 0 Å². The summed E-state index contributed by atoms with van der Waals surface area (Å²) in [5, 5.41) is 12.6. The van der Waals surface area contributed by atoms with Gasteiger partial charge < -0.3 is 15.3 Å². The molecule has 0 saturated carbocycles. The summed E-state index contributed by atoms with van der Waals surface area (Å²) < 4.78 is 0. The summed E-state index contributed by atoms with van der Waals surface area (Å²) in [7, 11) is 2.17. The zero-order valence-corrected chi connectivity index (χ0v) is 7.71. The topological polar surface area (TPSA) is 35.5 Å². The van der Waals surface area contributed by atoms with E-state index in [9.17, 15) is 0 Å². The van der Waals surface area contributed by atoms with Crippen LogP contribution in [0.25, 0.3) is 0 Å². The molecular weight excluding hydrogens is 152 g/mol. The summed E-state index contributed by atoms with van der Waals surface area (Å²) in [5.74, 6) is 0. The monoisotopic (exact) mass is 170 g/mol. The Labute approximate surface area is 73.8 Å². The predicted octanol–water partition coefficient (Wildman–Crippen LogP) is -0.195. The molecule has 1 spiro atoms. The normalized spacial score (nSPS) is 43.0. The first-order chi connectivity index (χ1) is 5.74. The van der Waals surface area contributed by atoms with Crippen molar-refractivity contribution in [2.75, 3.05) is 26.7 Å². The molecule has 0 radical (unpaired) electrons. The van der Waals surface area contributed by atoms with Crippen LogP contribution in [0, 0.1) is 0 Å². The highest BCUT2D eigenvalue weighted by Gasteiger charge is 2.42. The predicted molar refractivity (Wildman–Crippen MR) is 48.1 cm³/mol. The van der Waals surface area contributed by atoms with Crippen molar-refractivity contribution >= 4 is 0 Å². The van der Waals surface area contributed by atoms with E-state index >= 15 is 0 Å². The van der Waals surface area contributed by atoms with Crippen LogP contribution in [-0.4, -0.2) is 48.3 Å². The minimum Gasteiger partial charge on any atom is -0.395 e. The first-order valence-corrected chi connectivity index (χ1v) is 4.81. The number of nitrogens with one attached hydrogen (secondary N) is 1. The Morgan fingerprint density at radius 1 is 1.58 bits per heavy atom. The Bertz CT molecular complexity index is 174. The molecule has 0 bridgehead atoms. The van der Waals surface area contributed by atoms with E-state index in [1.165, 1.54) is 19.4 Å². The van der Waals surface area contributed by atoms with Crippen LogP contribution >= 0.6 is 0 Å². The zero-order chi connectivity index (χ0) is 8.60. The highest BCUT2D eigenvalue weighted by Crippen LogP contribution is 2.31. The number of hydrogen-bond acceptors (Lipinski definition) is 3. The quantitative estimate of drug-likeness (QED) is 0.572. The van der Waals surface area contributed by atoms with Gasteiger partial charge in [0.1, 0.15) is 0 Å². The molecule has 0 aromatic rings. The van der Waals surface area contributed by atoms with Crippen LogP contribution < -0.4 is 5.32 Å². The van der Waals surface area contributed by atoms with E-state index in [1.807, 2.05) is 0 Å². The van der Waals surface area contributed by atoms with E-state index in [2.05, 4.69) is 17.3 Å². The third-order valence-corrected chi connectivity index (χ3v) is 3.25. The van der Waals surface area contributed by atoms with E-state index in [1.54, 1.807) is 0 Å². The van der Waals surface area contributed by atoms with Gasteiger partial charge in [-0.1, -0.05) is 0 Å². The van der Waals surface area contributed by atoms with Crippen molar-refractivity contribution < 1.29 is 5.11 Å². The summed E-state index contributed by atoms with van der Waals surface area (Å²) in [6.07, 6.45) is 3.63. The molecule has 2 aliphatic rings. The van der Waals surface area contributed by atoms with Gasteiger partial charge in [-0.05, 0) is 32.9 Å². The second-order valence-corrected chi connectivity index (χ2v) is 4.33. The highest BCUT2D eigenvalue weighted by molar-refractivity contribution is 5.03. The van der Waals surface area contributed by atoms with Crippen LogP contribution in [0.3, 0.4) is 0 Å². The zero-order valence-electron chi connectivity index (χ0n) is 7.71. The fraction of sp³-hybridized carbons (Fsp3) is 1.00. The lowest BCUT2D eigenvalue weighted by Gasteiger charge is -2.24. The lowest BCUT2D eigenvalue weighted by Crippen LogP contribution is -2.45. The second-order valence-electron chi connectivity index (χ2n) is 4.33. The average molecular weight is 170 g/mol. The van der Waals surface area contributed by atoms with Crippen molar-refractivity contribution in [3.8, 4) is 0 Å². The van der Waals surface area contributed by atoms with E-state index in [-0.39, 0.29) is 0 Å². The molecule has 0 aromatic carbocycles. The maximum absolute atomic E-state index is 9.00. The van der Waals surface area contributed by atoms with Gasteiger partial charge in [-0.2, -0.15) is 0 Å². The van der Waals surface area contributed by atoms with Crippen LogP contribution in [0.2, 0.25) is 0 Å². The fourth-order valence-corrected chi connectivity index (χ4v) is 2.57. The van der Waals surface area contributed by atoms with E-state index in [4.69, 9.17) is 5.11 Å². The minimum absolute atomic E-state index is 0.297. The standard InChI is InChI=1S/C9H18N2O/c1-11-5-4-9(7-11)3-2-8(6-12)10-9/h8,10,12H,2-7H2,1H3. The molecule has 2 fully saturated rings. The molecule has 2 atom stereocenters. The molecule has 12 heavy (non-hydrogen) atoms. The first kappa shape index (κ1) is 8.48. The Morgan fingerprint density at radius 3 is 2.92 bits per heavy atom. The lowest BCUT2D eigenvalue weighted by molar-refractivity contribution is 0.238. The molecule has 0 amide bonds. The van der Waals surface area contributed by atoms with Gasteiger partial charge in [-0.3, -0.25) is 0 Å². The highest BCUT2D eigenvalue weighted by atomic mass is 16.3. The maximum Gasteiger partial charge on any atom is 0.0584 e. The van der Waals surface area contributed by atoms with Gasteiger partial charge in [0, 0.05) is 18.1 Å². The van der Waals surface area contributed by atoms with Gasteiger partial charge in [-0.15, -0.1) is 0 Å². The van der Waals surface area contributed by atoms with Crippen LogP contribution in [0.1, 0.15) is 19.3 Å². The summed E-state index contributed by atoms with van der Waals surface area (Å²) in [5.41, 5.74) is 0.349. The molecule has 3 nitrogen and oxygen atoms in total. The van der Waals surface area contributed by atoms with Gasteiger partial charge in [-0.25, -0.2) is 0 Å². The van der Waals surface area contributed by atoms with Gasteiger partial charge in [0.25, 0.3) is 0 Å². The summed E-state index contributed by atoms with van der Waals surface area (Å²) in [6.45, 7) is 2.65. The van der Waals surface area contributed by atoms with Crippen molar-refractivity contribution in [2.24, 2.45) is 0 Å². The number of nitrogens with zero attached hydrogens (tertiary/aromatic N) is 1. The van der Waals surface area contributed by atoms with Crippen molar-refractivity contribution in [2.45, 2.75) is 30.8 Å². The Balaban J connectivity index is 1.97. The van der Waals surface area contributed by atoms with Gasteiger partial charge >= 0.3 is 0 Å². The van der Waals surface area contributed by atoms with Crippen molar-refractivity contribution in [3.63, 3.8) is 0 Å². The molecule has 0 aliphatic carbocycles. The van der Waals surface area contributed by atoms with Crippen molar-refractivity contribution in [1.82, 2.24) is 10.2 Å². The SMILES string of the molecule is CN1CCC2(CCC(CO)N2)C1. The Morgan fingerprint density at radius 2 is 2.42 bits per heavy atom. The van der Waals surface area contributed by atoms with Crippen molar-refractivity contribution in [3.05, 3.63) is 0 Å². The van der Waals surface area contributed by atoms with Crippen LogP contribution in [0.15, 0.2) is 0 Å². The van der Waals surface area contributed by atoms with Gasteiger partial charge in [0.15, 0.2) is 0 Å². The van der Waals surface area contributed by atoms with E-state index in [0.29, 0.717) is 18.2 Å². The minimum atomic E-state index is 0.297. The molecule has 2 unspecified atom stereocenters. The number of hydrogen-bond donors (Lipinski definition) is 2. The summed E-state index contributed by atoms with van der Waals surface area (Å²) >= 11 is 0. The number of aliphatic hydroxyl groups excluding tert-OH is 1. The molecule has 3 heteroatoms. The maximum atomic E-state index is 9.00. The molecular formula is C9H18N2O. The third kappa shape index (κ3) is 1.37. The number of likely N-dealkylation sites (tertiary alicyclic amines) is 1. The largest absolute Gasteiger partial charge is 0.395 e. The molecule has 2 rings (SSSR count). The number of aliphatic hydroxyl groups is 1. The van der Waals surface area contributed by atoms with Gasteiger partial charge in [0.05, 0.1) is 6.61 Å². The molecule has 0 aromatic heterocycles. The smallest absolute Gasteiger partial charge is 0.0584 e. The molecule has 2 heterocycles. The van der Waals surface area contributed by atoms with E-state index in [0.717, 1.165) is 13.0 Å². The Kier molecular flexibility index (Phi) is 2.10. The molecule has 2 aliphatic heterocycles. The third-order valence-electron chi connectivity index (χ3n) is 3.25. The number of likely N-dealkylation sites (N-methyl/N-ethyl adjacent to an activating group) is 1. The summed E-state index contributed by atoms with van der Waals surface area (Å²) in [6, 6.07) is 0.358. The van der Waals surface area contributed by atoms with Crippen LogP contribution in [0.5, 0.6) is 0 Å². The lowest BCUT2D eigenvalue weighted by atomic mass is 9.97. The Hall–Kier alpha value is -0.120. The van der Waals surface area contributed by atoms with Crippen LogP contribution in [-0.2, 0) is 0 Å². The molecule has 70 valence electrons. The van der Waals surface area contributed by atoms with Crippen molar-refractivity contribution in [1.29, 1.82) is 0 Å². The number of rotatable bonds is 1. The molecule has 2 N–H and O–H groups in total. The fourth-order valence-electron chi connectivity index (χ4n) is 2.57. The summed E-state index contributed by atoms with van der Waals surface area (Å²) in [4.78, 5) is 2.37. The van der Waals surface area contributed by atoms with Gasteiger partial charge in [0.2, 0.25) is 0 Å². The van der Waals surface area contributed by atoms with Crippen LogP contribution in [0.4, 0.5) is 0 Å². The average Bonchev–Trinajstić information content (AvgIpc) is 2.61. The second kappa shape index (κ2) is 2.98.